The van der Waals surface area contributed by atoms with E-state index in [1.54, 1.807) is 0 Å². The number of hydrogen-bond donors (Lipinski definition) is 2. The molecule has 21 heavy (non-hydrogen) atoms. The molecule has 1 atom stereocenters. The molecule has 0 aliphatic rings. The molecule has 0 saturated heterocycles. The van der Waals surface area contributed by atoms with Gasteiger partial charge < -0.3 is 10.6 Å². The molecule has 2 N–H and O–H groups in total. The smallest absolute Gasteiger partial charge is 0.221 e. The number of hydrogen-bond acceptors (Lipinski definition) is 2. The fourth-order valence-corrected chi connectivity index (χ4v) is 2.17. The van der Waals surface area contributed by atoms with Crippen molar-refractivity contribution in [3.05, 3.63) is 35.4 Å². The maximum absolute atomic E-state index is 11.7. The van der Waals surface area contributed by atoms with Gasteiger partial charge in [-0.25, -0.2) is 0 Å². The normalized spacial score (nSPS) is 13.3. The van der Waals surface area contributed by atoms with Gasteiger partial charge in [-0.05, 0) is 44.7 Å². The molecule has 1 rings (SSSR count). The summed E-state index contributed by atoms with van der Waals surface area (Å²) in [5, 5.41) is 6.38. The van der Waals surface area contributed by atoms with Gasteiger partial charge in [-0.2, -0.15) is 0 Å². The Kier molecular flexibility index (Phi) is 6.41. The second kappa shape index (κ2) is 7.60. The van der Waals surface area contributed by atoms with Gasteiger partial charge in [0.2, 0.25) is 5.91 Å². The van der Waals surface area contributed by atoms with E-state index >= 15 is 0 Å². The van der Waals surface area contributed by atoms with Crippen molar-refractivity contribution in [1.82, 2.24) is 10.6 Å². The molecule has 0 aliphatic heterocycles. The van der Waals surface area contributed by atoms with E-state index in [9.17, 15) is 4.79 Å². The summed E-state index contributed by atoms with van der Waals surface area (Å²) in [7, 11) is 0. The first-order valence-corrected chi connectivity index (χ1v) is 7.83. The van der Waals surface area contributed by atoms with Crippen LogP contribution >= 0.6 is 0 Å². The van der Waals surface area contributed by atoms with Crippen LogP contribution in [0.1, 0.15) is 71.0 Å². The van der Waals surface area contributed by atoms with Crippen LogP contribution in [-0.4, -0.2) is 18.0 Å². The van der Waals surface area contributed by atoms with Gasteiger partial charge in [0.25, 0.3) is 0 Å². The highest BCUT2D eigenvalue weighted by Gasteiger charge is 2.13. The zero-order valence-corrected chi connectivity index (χ0v) is 14.3. The van der Waals surface area contributed by atoms with Crippen molar-refractivity contribution < 1.29 is 4.79 Å². The van der Waals surface area contributed by atoms with Gasteiger partial charge in [-0.15, -0.1) is 0 Å². The Morgan fingerprint density at radius 3 is 2.05 bits per heavy atom. The SMILES string of the molecule is CC(C)c1ccc(C(C)NCCC(=O)NC(C)(C)C)cc1. The van der Waals surface area contributed by atoms with Crippen LogP contribution in [0.15, 0.2) is 24.3 Å². The molecule has 0 aliphatic carbocycles. The van der Waals surface area contributed by atoms with Crippen LogP contribution in [0, 0.1) is 0 Å². The van der Waals surface area contributed by atoms with E-state index in [2.05, 4.69) is 55.7 Å². The van der Waals surface area contributed by atoms with Crippen LogP contribution in [0.2, 0.25) is 0 Å². The minimum atomic E-state index is -0.157. The molecule has 1 unspecified atom stereocenters. The average Bonchev–Trinajstić information content (AvgIpc) is 2.36. The van der Waals surface area contributed by atoms with E-state index in [1.165, 1.54) is 11.1 Å². The van der Waals surface area contributed by atoms with E-state index in [0.29, 0.717) is 18.9 Å². The summed E-state index contributed by atoms with van der Waals surface area (Å²) in [6, 6.07) is 8.97. The first-order valence-electron chi connectivity index (χ1n) is 7.83. The Morgan fingerprint density at radius 1 is 1.05 bits per heavy atom. The van der Waals surface area contributed by atoms with E-state index in [4.69, 9.17) is 0 Å². The molecule has 0 bridgehead atoms. The van der Waals surface area contributed by atoms with Gasteiger partial charge in [0.15, 0.2) is 0 Å². The lowest BCUT2D eigenvalue weighted by Gasteiger charge is -2.21. The zero-order chi connectivity index (χ0) is 16.0. The molecular weight excluding hydrogens is 260 g/mol. The lowest BCUT2D eigenvalue weighted by molar-refractivity contribution is -0.122. The maximum atomic E-state index is 11.7. The van der Waals surface area contributed by atoms with Gasteiger partial charge in [0.05, 0.1) is 0 Å². The van der Waals surface area contributed by atoms with Crippen molar-refractivity contribution in [3.63, 3.8) is 0 Å². The van der Waals surface area contributed by atoms with Crippen molar-refractivity contribution in [2.75, 3.05) is 6.54 Å². The topological polar surface area (TPSA) is 41.1 Å². The van der Waals surface area contributed by atoms with Gasteiger partial charge in [-0.3, -0.25) is 4.79 Å². The maximum Gasteiger partial charge on any atom is 0.221 e. The fraction of sp³-hybridized carbons (Fsp3) is 0.611. The summed E-state index contributed by atoms with van der Waals surface area (Å²) in [5.41, 5.74) is 2.46. The van der Waals surface area contributed by atoms with Crippen LogP contribution in [0.5, 0.6) is 0 Å². The van der Waals surface area contributed by atoms with Gasteiger partial charge in [-0.1, -0.05) is 38.1 Å². The van der Waals surface area contributed by atoms with E-state index < -0.39 is 0 Å². The largest absolute Gasteiger partial charge is 0.351 e. The van der Waals surface area contributed by atoms with E-state index in [1.807, 2.05) is 20.8 Å². The van der Waals surface area contributed by atoms with Crippen LogP contribution in [0.25, 0.3) is 0 Å². The number of carbonyl (C=O) groups excluding carboxylic acids is 1. The molecule has 0 aromatic heterocycles. The van der Waals surface area contributed by atoms with Crippen LogP contribution in [-0.2, 0) is 4.79 Å². The quantitative estimate of drug-likeness (QED) is 0.837. The Balaban J connectivity index is 2.40. The van der Waals surface area contributed by atoms with Crippen LogP contribution in [0.3, 0.4) is 0 Å². The van der Waals surface area contributed by atoms with E-state index in [0.717, 1.165) is 0 Å². The molecule has 0 fully saturated rings. The zero-order valence-electron chi connectivity index (χ0n) is 14.3. The number of amides is 1. The monoisotopic (exact) mass is 290 g/mol. The minimum Gasteiger partial charge on any atom is -0.351 e. The summed E-state index contributed by atoms with van der Waals surface area (Å²) in [6.45, 7) is 13.2. The van der Waals surface area contributed by atoms with Gasteiger partial charge in [0.1, 0.15) is 0 Å². The molecule has 0 spiro atoms. The standard InChI is InChI=1S/C18H30N2O/c1-13(2)15-7-9-16(10-8-15)14(3)19-12-11-17(21)20-18(4,5)6/h7-10,13-14,19H,11-12H2,1-6H3,(H,20,21). The lowest BCUT2D eigenvalue weighted by atomic mass is 9.99. The number of benzene rings is 1. The summed E-state index contributed by atoms with van der Waals surface area (Å²) in [4.78, 5) is 11.7. The Hall–Kier alpha value is -1.35. The summed E-state index contributed by atoms with van der Waals surface area (Å²) in [6.07, 6.45) is 0.506. The second-order valence-electron chi connectivity index (χ2n) is 7.05. The number of carbonyl (C=O) groups is 1. The first-order chi connectivity index (χ1) is 9.69. The van der Waals surface area contributed by atoms with E-state index in [-0.39, 0.29) is 17.5 Å². The molecule has 1 amide bonds. The van der Waals surface area contributed by atoms with Crippen molar-refractivity contribution in [1.29, 1.82) is 0 Å². The van der Waals surface area contributed by atoms with Crippen molar-refractivity contribution in [2.45, 2.75) is 65.5 Å². The summed E-state index contributed by atoms with van der Waals surface area (Å²) >= 11 is 0. The van der Waals surface area contributed by atoms with Crippen LogP contribution < -0.4 is 10.6 Å². The van der Waals surface area contributed by atoms with Crippen molar-refractivity contribution >= 4 is 5.91 Å². The second-order valence-corrected chi connectivity index (χ2v) is 7.05. The summed E-state index contributed by atoms with van der Waals surface area (Å²) in [5.74, 6) is 0.653. The third-order valence-electron chi connectivity index (χ3n) is 3.42. The molecule has 1 aromatic carbocycles. The fourth-order valence-electron chi connectivity index (χ4n) is 2.17. The Bertz CT molecular complexity index is 443. The third kappa shape index (κ3) is 6.76. The predicted molar refractivity (Wildman–Crippen MR) is 89.5 cm³/mol. The Morgan fingerprint density at radius 2 is 1.57 bits per heavy atom. The highest BCUT2D eigenvalue weighted by Crippen LogP contribution is 2.18. The molecule has 0 saturated carbocycles. The molecule has 1 aromatic rings. The molecule has 3 nitrogen and oxygen atoms in total. The third-order valence-corrected chi connectivity index (χ3v) is 3.42. The minimum absolute atomic E-state index is 0.0948. The number of rotatable bonds is 6. The highest BCUT2D eigenvalue weighted by molar-refractivity contribution is 5.76. The Labute approximate surface area is 129 Å². The average molecular weight is 290 g/mol. The molecule has 3 heteroatoms. The lowest BCUT2D eigenvalue weighted by Crippen LogP contribution is -2.41. The molecular formula is C18H30N2O. The summed E-state index contributed by atoms with van der Waals surface area (Å²) < 4.78 is 0. The number of nitrogens with one attached hydrogen (secondary N) is 2. The molecule has 0 heterocycles. The highest BCUT2D eigenvalue weighted by atomic mass is 16.1. The van der Waals surface area contributed by atoms with Crippen LogP contribution in [0.4, 0.5) is 0 Å². The van der Waals surface area contributed by atoms with Crippen molar-refractivity contribution in [3.8, 4) is 0 Å². The van der Waals surface area contributed by atoms with Crippen molar-refractivity contribution in [2.24, 2.45) is 0 Å². The predicted octanol–water partition coefficient (Wildman–Crippen LogP) is 3.77. The van der Waals surface area contributed by atoms with Gasteiger partial charge >= 0.3 is 0 Å². The molecule has 118 valence electrons. The van der Waals surface area contributed by atoms with Gasteiger partial charge in [0, 0.05) is 24.5 Å². The molecule has 0 radical (unpaired) electrons. The first kappa shape index (κ1) is 17.7.